The van der Waals surface area contributed by atoms with Crippen molar-refractivity contribution in [3.05, 3.63) is 72.0 Å². The molecule has 3 heteroatoms. The normalized spacial score (nSPS) is 11.0. The molecule has 0 spiro atoms. The Kier molecular flexibility index (Phi) is 5.59. The van der Waals surface area contributed by atoms with Crippen LogP contribution in [0.4, 0.5) is 0 Å². The standard InChI is InChI=1S/C18H18O3/c1-2-13-20-18(19)17(14-15-9-5-3-6-10-15)21-16-11-7-4-8-12-16/h3-12,14H,2,13H2,1H3. The molecule has 0 unspecified atom stereocenters. The maximum atomic E-state index is 12.1. The van der Waals surface area contributed by atoms with Gasteiger partial charge in [0.15, 0.2) is 0 Å². The number of benzene rings is 2. The van der Waals surface area contributed by atoms with Crippen LogP contribution in [0.3, 0.4) is 0 Å². The molecule has 0 saturated heterocycles. The second-order valence-electron chi connectivity index (χ2n) is 4.47. The summed E-state index contributed by atoms with van der Waals surface area (Å²) >= 11 is 0. The number of esters is 1. The van der Waals surface area contributed by atoms with Crippen LogP contribution >= 0.6 is 0 Å². The molecule has 2 aromatic carbocycles. The molecule has 0 fully saturated rings. The van der Waals surface area contributed by atoms with Crippen molar-refractivity contribution < 1.29 is 14.3 Å². The highest BCUT2D eigenvalue weighted by Gasteiger charge is 2.13. The van der Waals surface area contributed by atoms with Crippen molar-refractivity contribution in [3.63, 3.8) is 0 Å². The number of carbonyl (C=O) groups excluding carboxylic acids is 1. The highest BCUT2D eigenvalue weighted by Crippen LogP contribution is 2.16. The Hall–Kier alpha value is -2.55. The third-order valence-electron chi connectivity index (χ3n) is 2.71. The lowest BCUT2D eigenvalue weighted by molar-refractivity contribution is -0.141. The second-order valence-corrected chi connectivity index (χ2v) is 4.47. The second kappa shape index (κ2) is 7.90. The van der Waals surface area contributed by atoms with Crippen LogP contribution in [0, 0.1) is 0 Å². The Balaban J connectivity index is 2.22. The maximum absolute atomic E-state index is 12.1. The predicted molar refractivity (Wildman–Crippen MR) is 82.7 cm³/mol. The van der Waals surface area contributed by atoms with Crippen LogP contribution in [0.2, 0.25) is 0 Å². The molecule has 0 bridgehead atoms. The van der Waals surface area contributed by atoms with E-state index in [1.165, 1.54) is 0 Å². The van der Waals surface area contributed by atoms with Crippen molar-refractivity contribution in [2.75, 3.05) is 6.61 Å². The van der Waals surface area contributed by atoms with Gasteiger partial charge in [-0.3, -0.25) is 0 Å². The minimum Gasteiger partial charge on any atom is -0.460 e. The highest BCUT2D eigenvalue weighted by molar-refractivity contribution is 5.92. The minimum absolute atomic E-state index is 0.181. The van der Waals surface area contributed by atoms with Crippen molar-refractivity contribution in [2.24, 2.45) is 0 Å². The van der Waals surface area contributed by atoms with E-state index in [0.717, 1.165) is 12.0 Å². The summed E-state index contributed by atoms with van der Waals surface area (Å²) in [5.74, 6) is 0.332. The van der Waals surface area contributed by atoms with Crippen LogP contribution in [0.1, 0.15) is 18.9 Å². The van der Waals surface area contributed by atoms with Gasteiger partial charge in [0.05, 0.1) is 6.61 Å². The van der Waals surface area contributed by atoms with Crippen LogP contribution in [0.15, 0.2) is 66.4 Å². The molecule has 108 valence electrons. The lowest BCUT2D eigenvalue weighted by Crippen LogP contribution is -2.13. The van der Waals surface area contributed by atoms with Crippen LogP contribution in [-0.2, 0) is 9.53 Å². The van der Waals surface area contributed by atoms with Gasteiger partial charge in [0.2, 0.25) is 5.76 Å². The van der Waals surface area contributed by atoms with Gasteiger partial charge in [0, 0.05) is 0 Å². The van der Waals surface area contributed by atoms with Gasteiger partial charge in [-0.05, 0) is 30.2 Å². The van der Waals surface area contributed by atoms with Crippen LogP contribution in [0.25, 0.3) is 6.08 Å². The summed E-state index contributed by atoms with van der Waals surface area (Å²) < 4.78 is 10.8. The molecule has 0 heterocycles. The van der Waals surface area contributed by atoms with Gasteiger partial charge in [-0.15, -0.1) is 0 Å². The van der Waals surface area contributed by atoms with E-state index in [2.05, 4.69) is 0 Å². The molecule has 2 rings (SSSR count). The monoisotopic (exact) mass is 282 g/mol. The fourth-order valence-corrected chi connectivity index (χ4v) is 1.71. The molecule has 0 aromatic heterocycles. The van der Waals surface area contributed by atoms with E-state index in [-0.39, 0.29) is 5.76 Å². The third kappa shape index (κ3) is 4.80. The van der Waals surface area contributed by atoms with E-state index in [0.29, 0.717) is 12.4 Å². The topological polar surface area (TPSA) is 35.5 Å². The lowest BCUT2D eigenvalue weighted by Gasteiger charge is -2.10. The zero-order chi connectivity index (χ0) is 14.9. The molecule has 0 aliphatic heterocycles. The van der Waals surface area contributed by atoms with Crippen LogP contribution in [0.5, 0.6) is 5.75 Å². The fraction of sp³-hybridized carbons (Fsp3) is 0.167. The number of carbonyl (C=O) groups is 1. The summed E-state index contributed by atoms with van der Waals surface area (Å²) in [6.45, 7) is 2.33. The fourth-order valence-electron chi connectivity index (χ4n) is 1.71. The van der Waals surface area contributed by atoms with Crippen molar-refractivity contribution in [2.45, 2.75) is 13.3 Å². The number of para-hydroxylation sites is 1. The van der Waals surface area contributed by atoms with Gasteiger partial charge in [0.25, 0.3) is 0 Å². The van der Waals surface area contributed by atoms with Gasteiger partial charge < -0.3 is 9.47 Å². The Morgan fingerprint density at radius 3 is 2.24 bits per heavy atom. The van der Waals surface area contributed by atoms with E-state index in [1.807, 2.05) is 55.5 Å². The van der Waals surface area contributed by atoms with Crippen molar-refractivity contribution in [1.29, 1.82) is 0 Å². The van der Waals surface area contributed by atoms with E-state index >= 15 is 0 Å². The number of hydrogen-bond donors (Lipinski definition) is 0. The van der Waals surface area contributed by atoms with Gasteiger partial charge >= 0.3 is 5.97 Å². The predicted octanol–water partition coefficient (Wildman–Crippen LogP) is 4.06. The number of ether oxygens (including phenoxy) is 2. The summed E-state index contributed by atoms with van der Waals surface area (Å²) in [5.41, 5.74) is 0.886. The number of hydrogen-bond acceptors (Lipinski definition) is 3. The quantitative estimate of drug-likeness (QED) is 0.455. The largest absolute Gasteiger partial charge is 0.460 e. The first-order chi connectivity index (χ1) is 10.3. The summed E-state index contributed by atoms with van der Waals surface area (Å²) in [6.07, 6.45) is 2.46. The Morgan fingerprint density at radius 1 is 1.00 bits per heavy atom. The molecular weight excluding hydrogens is 264 g/mol. The molecule has 0 N–H and O–H groups in total. The minimum atomic E-state index is -0.454. The highest BCUT2D eigenvalue weighted by atomic mass is 16.6. The van der Waals surface area contributed by atoms with Gasteiger partial charge in [-0.2, -0.15) is 0 Å². The van der Waals surface area contributed by atoms with Crippen molar-refractivity contribution >= 4 is 12.0 Å². The van der Waals surface area contributed by atoms with Crippen molar-refractivity contribution in [3.8, 4) is 5.75 Å². The van der Waals surface area contributed by atoms with Gasteiger partial charge in [-0.25, -0.2) is 4.79 Å². The van der Waals surface area contributed by atoms with Crippen LogP contribution < -0.4 is 4.74 Å². The van der Waals surface area contributed by atoms with E-state index < -0.39 is 5.97 Å². The molecule has 2 aromatic rings. The summed E-state index contributed by atoms with van der Waals surface area (Å²) in [7, 11) is 0. The molecule has 3 nitrogen and oxygen atoms in total. The Morgan fingerprint density at radius 2 is 1.62 bits per heavy atom. The first-order valence-corrected chi connectivity index (χ1v) is 6.96. The van der Waals surface area contributed by atoms with Crippen molar-refractivity contribution in [1.82, 2.24) is 0 Å². The molecular formula is C18H18O3. The maximum Gasteiger partial charge on any atom is 0.374 e. The molecule has 0 aliphatic carbocycles. The summed E-state index contributed by atoms with van der Waals surface area (Å²) in [5, 5.41) is 0. The number of rotatable bonds is 6. The van der Waals surface area contributed by atoms with E-state index in [1.54, 1.807) is 18.2 Å². The molecule has 0 saturated carbocycles. The average Bonchev–Trinajstić information content (AvgIpc) is 2.54. The Labute approximate surface area is 124 Å². The zero-order valence-corrected chi connectivity index (χ0v) is 12.0. The van der Waals surface area contributed by atoms with E-state index in [4.69, 9.17) is 9.47 Å². The molecule has 0 aliphatic rings. The van der Waals surface area contributed by atoms with E-state index in [9.17, 15) is 4.79 Å². The van der Waals surface area contributed by atoms with Gasteiger partial charge in [0.1, 0.15) is 5.75 Å². The molecule has 0 radical (unpaired) electrons. The smallest absolute Gasteiger partial charge is 0.374 e. The Bertz CT molecular complexity index is 588. The molecule has 0 atom stereocenters. The zero-order valence-electron chi connectivity index (χ0n) is 12.0. The first-order valence-electron chi connectivity index (χ1n) is 6.96. The molecule has 0 amide bonds. The summed E-state index contributed by atoms with van der Waals surface area (Å²) in [4.78, 5) is 12.1. The average molecular weight is 282 g/mol. The lowest BCUT2D eigenvalue weighted by atomic mass is 10.2. The SMILES string of the molecule is CCCOC(=O)C(=Cc1ccccc1)Oc1ccccc1. The first kappa shape index (κ1) is 14.9. The summed E-state index contributed by atoms with van der Waals surface area (Å²) in [6, 6.07) is 18.7. The third-order valence-corrected chi connectivity index (χ3v) is 2.71. The molecule has 21 heavy (non-hydrogen) atoms. The van der Waals surface area contributed by atoms with Crippen LogP contribution in [-0.4, -0.2) is 12.6 Å². The van der Waals surface area contributed by atoms with Gasteiger partial charge in [-0.1, -0.05) is 55.5 Å².